The van der Waals surface area contributed by atoms with Crippen LogP contribution in [0.25, 0.3) is 0 Å². The van der Waals surface area contributed by atoms with Crippen molar-refractivity contribution in [1.82, 2.24) is 4.98 Å². The van der Waals surface area contributed by atoms with Crippen LogP contribution in [-0.4, -0.2) is 25.0 Å². The van der Waals surface area contributed by atoms with Crippen LogP contribution >= 0.6 is 27.5 Å². The molecule has 96 valence electrons. The highest BCUT2D eigenvalue weighted by Gasteiger charge is 2.10. The largest absolute Gasteiger partial charge is 0.282 e. The minimum atomic E-state index is -3.30. The fraction of sp³-hybridized carbons (Fsp3) is 0.500. The van der Waals surface area contributed by atoms with E-state index in [1.807, 2.05) is 6.92 Å². The SMILES string of the molecule is Cc1cc(NS(=O)(=O)CCCCCl)cnc1Br. The maximum Gasteiger partial charge on any atom is 0.232 e. The number of halogens is 2. The second-order valence-electron chi connectivity index (χ2n) is 3.65. The van der Waals surface area contributed by atoms with Crippen molar-refractivity contribution >= 4 is 43.2 Å². The molecule has 0 atom stereocenters. The Morgan fingerprint density at radius 3 is 2.76 bits per heavy atom. The predicted molar refractivity (Wildman–Crippen MR) is 74.0 cm³/mol. The Kier molecular flexibility index (Phi) is 5.69. The third kappa shape index (κ3) is 5.23. The number of nitrogens with zero attached hydrogens (tertiary/aromatic N) is 1. The van der Waals surface area contributed by atoms with Crippen LogP contribution < -0.4 is 4.72 Å². The van der Waals surface area contributed by atoms with E-state index < -0.39 is 10.0 Å². The number of nitrogens with one attached hydrogen (secondary N) is 1. The van der Waals surface area contributed by atoms with Gasteiger partial charge in [0.25, 0.3) is 0 Å². The first-order valence-electron chi connectivity index (χ1n) is 5.13. The van der Waals surface area contributed by atoms with Crippen molar-refractivity contribution in [3.63, 3.8) is 0 Å². The van der Waals surface area contributed by atoms with Gasteiger partial charge in [-0.2, -0.15) is 0 Å². The number of pyridine rings is 1. The lowest BCUT2D eigenvalue weighted by molar-refractivity contribution is 0.598. The molecule has 0 unspecified atom stereocenters. The van der Waals surface area contributed by atoms with E-state index in [-0.39, 0.29) is 5.75 Å². The van der Waals surface area contributed by atoms with E-state index in [1.165, 1.54) is 6.20 Å². The second kappa shape index (κ2) is 6.56. The fourth-order valence-corrected chi connectivity index (χ4v) is 2.79. The summed E-state index contributed by atoms with van der Waals surface area (Å²) in [4.78, 5) is 4.03. The van der Waals surface area contributed by atoms with Gasteiger partial charge in [-0.05, 0) is 47.3 Å². The molecule has 0 bridgehead atoms. The number of anilines is 1. The third-order valence-corrected chi connectivity index (χ3v) is 4.55. The normalized spacial score (nSPS) is 11.5. The number of sulfonamides is 1. The summed E-state index contributed by atoms with van der Waals surface area (Å²) in [7, 11) is -3.30. The van der Waals surface area contributed by atoms with E-state index in [2.05, 4.69) is 25.6 Å². The van der Waals surface area contributed by atoms with Crippen molar-refractivity contribution in [2.45, 2.75) is 19.8 Å². The molecule has 1 N–H and O–H groups in total. The number of rotatable bonds is 6. The number of hydrogen-bond acceptors (Lipinski definition) is 3. The molecule has 17 heavy (non-hydrogen) atoms. The molecule has 0 aliphatic heterocycles. The standard InChI is InChI=1S/C10H14BrClN2O2S/c1-8-6-9(7-13-10(8)11)14-17(15,16)5-3-2-4-12/h6-7,14H,2-5H2,1H3. The number of alkyl halides is 1. The van der Waals surface area contributed by atoms with Gasteiger partial charge in [0.05, 0.1) is 17.6 Å². The number of hydrogen-bond donors (Lipinski definition) is 1. The molecule has 0 saturated heterocycles. The van der Waals surface area contributed by atoms with Gasteiger partial charge >= 0.3 is 0 Å². The van der Waals surface area contributed by atoms with Crippen molar-refractivity contribution in [2.24, 2.45) is 0 Å². The highest BCUT2D eigenvalue weighted by Crippen LogP contribution is 2.17. The molecule has 4 nitrogen and oxygen atoms in total. The van der Waals surface area contributed by atoms with Crippen LogP contribution in [0.5, 0.6) is 0 Å². The second-order valence-corrected chi connectivity index (χ2v) is 6.62. The lowest BCUT2D eigenvalue weighted by Gasteiger charge is -2.08. The van der Waals surface area contributed by atoms with E-state index in [1.54, 1.807) is 6.07 Å². The topological polar surface area (TPSA) is 59.1 Å². The van der Waals surface area contributed by atoms with Gasteiger partial charge in [-0.1, -0.05) is 0 Å². The smallest absolute Gasteiger partial charge is 0.232 e. The van der Waals surface area contributed by atoms with Crippen molar-refractivity contribution < 1.29 is 8.42 Å². The molecule has 0 fully saturated rings. The summed E-state index contributed by atoms with van der Waals surface area (Å²) in [5.74, 6) is 0.559. The molecule has 1 aromatic rings. The quantitative estimate of drug-likeness (QED) is 0.492. The highest BCUT2D eigenvalue weighted by molar-refractivity contribution is 9.10. The van der Waals surface area contributed by atoms with Gasteiger partial charge < -0.3 is 0 Å². The molecule has 0 aromatic carbocycles. The van der Waals surface area contributed by atoms with Crippen LogP contribution in [0, 0.1) is 6.92 Å². The molecular formula is C10H14BrClN2O2S. The van der Waals surface area contributed by atoms with Crippen LogP contribution in [0.4, 0.5) is 5.69 Å². The average Bonchev–Trinajstić information content (AvgIpc) is 2.23. The molecule has 7 heteroatoms. The Labute approximate surface area is 115 Å². The predicted octanol–water partition coefficient (Wildman–Crippen LogP) is 2.91. The minimum absolute atomic E-state index is 0.0782. The van der Waals surface area contributed by atoms with Crippen LogP contribution in [0.1, 0.15) is 18.4 Å². The zero-order chi connectivity index (χ0) is 12.9. The summed E-state index contributed by atoms with van der Waals surface area (Å²) in [5, 5.41) is 0. The van der Waals surface area contributed by atoms with Gasteiger partial charge in [0.2, 0.25) is 10.0 Å². The first kappa shape index (κ1) is 14.7. The van der Waals surface area contributed by atoms with Gasteiger partial charge in [-0.15, -0.1) is 11.6 Å². The Morgan fingerprint density at radius 2 is 2.18 bits per heavy atom. The lowest BCUT2D eigenvalue weighted by Crippen LogP contribution is -2.17. The Morgan fingerprint density at radius 1 is 1.47 bits per heavy atom. The van der Waals surface area contributed by atoms with Crippen molar-refractivity contribution in [2.75, 3.05) is 16.4 Å². The summed E-state index contributed by atoms with van der Waals surface area (Å²) in [6.45, 7) is 1.85. The molecular weight excluding hydrogens is 328 g/mol. The monoisotopic (exact) mass is 340 g/mol. The molecule has 0 amide bonds. The Hall–Kier alpha value is -0.330. The molecule has 1 rings (SSSR count). The maximum absolute atomic E-state index is 11.7. The summed E-state index contributed by atoms with van der Waals surface area (Å²) >= 11 is 8.76. The minimum Gasteiger partial charge on any atom is -0.282 e. The summed E-state index contributed by atoms with van der Waals surface area (Å²) < 4.78 is 26.6. The highest BCUT2D eigenvalue weighted by atomic mass is 79.9. The van der Waals surface area contributed by atoms with E-state index in [4.69, 9.17) is 11.6 Å². The van der Waals surface area contributed by atoms with Gasteiger partial charge in [0.15, 0.2) is 0 Å². The van der Waals surface area contributed by atoms with E-state index in [0.29, 0.717) is 29.0 Å². The van der Waals surface area contributed by atoms with E-state index >= 15 is 0 Å². The third-order valence-electron chi connectivity index (χ3n) is 2.08. The van der Waals surface area contributed by atoms with Gasteiger partial charge in [0.1, 0.15) is 4.60 Å². The summed E-state index contributed by atoms with van der Waals surface area (Å²) in [6.07, 6.45) is 2.73. The van der Waals surface area contributed by atoms with Crippen molar-refractivity contribution in [1.29, 1.82) is 0 Å². The first-order chi connectivity index (χ1) is 7.94. The van der Waals surface area contributed by atoms with Crippen LogP contribution in [-0.2, 0) is 10.0 Å². The van der Waals surface area contributed by atoms with Gasteiger partial charge in [-0.3, -0.25) is 4.72 Å². The number of aryl methyl sites for hydroxylation is 1. The Balaban J connectivity index is 2.66. The van der Waals surface area contributed by atoms with Crippen LogP contribution in [0.3, 0.4) is 0 Å². The molecule has 0 saturated carbocycles. The van der Waals surface area contributed by atoms with E-state index in [0.717, 1.165) is 5.56 Å². The van der Waals surface area contributed by atoms with Crippen molar-refractivity contribution in [3.8, 4) is 0 Å². The molecule has 0 aliphatic carbocycles. The zero-order valence-corrected chi connectivity index (χ0v) is 12.6. The van der Waals surface area contributed by atoms with E-state index in [9.17, 15) is 8.42 Å². The van der Waals surface area contributed by atoms with Crippen LogP contribution in [0.2, 0.25) is 0 Å². The molecule has 1 aromatic heterocycles. The molecule has 1 heterocycles. The average molecular weight is 342 g/mol. The van der Waals surface area contributed by atoms with Gasteiger partial charge in [-0.25, -0.2) is 13.4 Å². The van der Waals surface area contributed by atoms with Crippen molar-refractivity contribution in [3.05, 3.63) is 22.4 Å². The first-order valence-corrected chi connectivity index (χ1v) is 8.11. The summed E-state index contributed by atoms with van der Waals surface area (Å²) in [5.41, 5.74) is 1.36. The lowest BCUT2D eigenvalue weighted by atomic mass is 10.3. The number of aromatic nitrogens is 1. The number of unbranched alkanes of at least 4 members (excludes halogenated alkanes) is 1. The molecule has 0 radical (unpaired) electrons. The van der Waals surface area contributed by atoms with Gasteiger partial charge in [0, 0.05) is 5.88 Å². The van der Waals surface area contributed by atoms with Crippen LogP contribution in [0.15, 0.2) is 16.9 Å². The molecule has 0 aliphatic rings. The zero-order valence-electron chi connectivity index (χ0n) is 9.41. The Bertz CT molecular complexity index is 479. The molecule has 0 spiro atoms. The maximum atomic E-state index is 11.7. The summed E-state index contributed by atoms with van der Waals surface area (Å²) in [6, 6.07) is 1.73. The fourth-order valence-electron chi connectivity index (χ4n) is 1.23.